The molecule has 0 aliphatic carbocycles. The number of nitrogens with one attached hydrogen (secondary N) is 1. The first-order valence-electron chi connectivity index (χ1n) is 11.6. The van der Waals surface area contributed by atoms with Crippen molar-refractivity contribution in [3.05, 3.63) is 107 Å². The molecule has 1 N–H and O–H groups in total. The largest absolute Gasteiger partial charge is 0.325 e. The third-order valence-corrected chi connectivity index (χ3v) is 6.84. The number of amides is 1. The number of anilines is 1. The normalized spacial score (nSPS) is 13.1. The number of aryl methyl sites for hydroxylation is 2. The van der Waals surface area contributed by atoms with Crippen LogP contribution in [0.2, 0.25) is 5.02 Å². The molecule has 1 amide bonds. The van der Waals surface area contributed by atoms with Crippen molar-refractivity contribution < 1.29 is 4.79 Å². The number of hydrogen-bond donors (Lipinski definition) is 1. The van der Waals surface area contributed by atoms with Gasteiger partial charge in [0, 0.05) is 34.6 Å². The summed E-state index contributed by atoms with van der Waals surface area (Å²) in [4.78, 5) is 13.8. The Morgan fingerprint density at radius 3 is 2.21 bits per heavy atom. The van der Waals surface area contributed by atoms with Gasteiger partial charge in [0.1, 0.15) is 11.3 Å². The van der Waals surface area contributed by atoms with E-state index in [4.69, 9.17) is 11.6 Å². The number of nitrogens with zero attached hydrogens (tertiary/aromatic N) is 2. The summed E-state index contributed by atoms with van der Waals surface area (Å²) in [5.74, 6) is -0.125. The van der Waals surface area contributed by atoms with Crippen molar-refractivity contribution in [3.8, 4) is 22.4 Å². The maximum Gasteiger partial charge on any atom is 0.273 e. The summed E-state index contributed by atoms with van der Waals surface area (Å²) >= 11 is 6.05. The van der Waals surface area contributed by atoms with Gasteiger partial charge in [-0.15, -0.1) is 0 Å². The van der Waals surface area contributed by atoms with Crippen LogP contribution in [0.1, 0.15) is 28.9 Å². The number of hydrogen-bond acceptors (Lipinski definition) is 1. The van der Waals surface area contributed by atoms with E-state index in [1.165, 1.54) is 5.56 Å². The van der Waals surface area contributed by atoms with Gasteiger partial charge in [-0.2, -0.15) is 0 Å². The van der Waals surface area contributed by atoms with Crippen molar-refractivity contribution in [1.82, 2.24) is 8.97 Å². The van der Waals surface area contributed by atoms with E-state index in [2.05, 4.69) is 56.9 Å². The number of benzene rings is 3. The molecule has 1 aliphatic rings. The Kier molecular flexibility index (Phi) is 5.23. The lowest BCUT2D eigenvalue weighted by molar-refractivity contribution is 0.102. The van der Waals surface area contributed by atoms with Crippen LogP contribution in [0.25, 0.3) is 28.0 Å². The molecule has 5 aromatic rings. The highest BCUT2D eigenvalue weighted by Crippen LogP contribution is 2.39. The monoisotopic (exact) mass is 465 g/mol. The van der Waals surface area contributed by atoms with Crippen molar-refractivity contribution in [2.75, 3.05) is 5.32 Å². The number of rotatable bonds is 4. The van der Waals surface area contributed by atoms with Gasteiger partial charge in [0.15, 0.2) is 0 Å². The van der Waals surface area contributed by atoms with Crippen LogP contribution in [-0.4, -0.2) is 14.9 Å². The van der Waals surface area contributed by atoms with Crippen LogP contribution < -0.4 is 5.32 Å². The first kappa shape index (κ1) is 20.8. The van der Waals surface area contributed by atoms with Crippen LogP contribution in [0.3, 0.4) is 0 Å². The average Bonchev–Trinajstić information content (AvgIpc) is 3.29. The number of carbonyl (C=O) groups is 1. The lowest BCUT2D eigenvalue weighted by Crippen LogP contribution is -2.15. The summed E-state index contributed by atoms with van der Waals surface area (Å²) < 4.78 is 4.50. The molecule has 3 aromatic carbocycles. The van der Waals surface area contributed by atoms with E-state index in [0.29, 0.717) is 10.7 Å². The van der Waals surface area contributed by atoms with E-state index >= 15 is 0 Å². The smallest absolute Gasteiger partial charge is 0.273 e. The zero-order valence-corrected chi connectivity index (χ0v) is 19.4. The van der Waals surface area contributed by atoms with Crippen molar-refractivity contribution >= 4 is 28.8 Å². The molecule has 0 radical (unpaired) electrons. The number of carbonyl (C=O) groups excluding carboxylic acids is 1. The Morgan fingerprint density at radius 2 is 1.50 bits per heavy atom. The SMILES string of the molecule is O=C(Nc1ccc(Cl)cc1)c1c(-c2ccccc2)c2c3n(c(-c4ccccc4)cn13)CCCC2. The zero-order chi connectivity index (χ0) is 23.1. The van der Waals surface area contributed by atoms with Crippen molar-refractivity contribution in [1.29, 1.82) is 0 Å². The molecule has 34 heavy (non-hydrogen) atoms. The molecule has 0 saturated heterocycles. The lowest BCUT2D eigenvalue weighted by Gasteiger charge is -2.10. The van der Waals surface area contributed by atoms with Gasteiger partial charge in [0.05, 0.1) is 5.69 Å². The van der Waals surface area contributed by atoms with E-state index in [9.17, 15) is 4.79 Å². The molecule has 0 spiro atoms. The predicted octanol–water partition coefficient (Wildman–Crippen LogP) is 7.32. The van der Waals surface area contributed by atoms with Gasteiger partial charge in [0.2, 0.25) is 0 Å². The predicted molar refractivity (Wildman–Crippen MR) is 139 cm³/mol. The molecule has 0 unspecified atom stereocenters. The summed E-state index contributed by atoms with van der Waals surface area (Å²) in [6.07, 6.45) is 5.27. The van der Waals surface area contributed by atoms with Gasteiger partial charge >= 0.3 is 0 Å². The molecule has 4 nitrogen and oxygen atoms in total. The second-order valence-electron chi connectivity index (χ2n) is 8.71. The van der Waals surface area contributed by atoms with E-state index in [1.54, 1.807) is 12.1 Å². The number of aromatic nitrogens is 2. The molecule has 6 rings (SSSR count). The molecule has 3 heterocycles. The number of imidazole rings is 1. The summed E-state index contributed by atoms with van der Waals surface area (Å²) in [6, 6.07) is 27.9. The first-order valence-corrected chi connectivity index (χ1v) is 12.0. The minimum atomic E-state index is -0.125. The minimum Gasteiger partial charge on any atom is -0.325 e. The van der Waals surface area contributed by atoms with Crippen LogP contribution in [0.5, 0.6) is 0 Å². The van der Waals surface area contributed by atoms with Crippen LogP contribution in [0.15, 0.2) is 91.1 Å². The van der Waals surface area contributed by atoms with Gasteiger partial charge in [-0.05, 0) is 54.7 Å². The highest BCUT2D eigenvalue weighted by atomic mass is 35.5. The Morgan fingerprint density at radius 1 is 0.824 bits per heavy atom. The van der Waals surface area contributed by atoms with E-state index in [-0.39, 0.29) is 5.91 Å². The Hall–Kier alpha value is -3.76. The van der Waals surface area contributed by atoms with Crippen LogP contribution in [-0.2, 0) is 13.0 Å². The molecule has 1 aliphatic heterocycles. The lowest BCUT2D eigenvalue weighted by atomic mass is 9.98. The van der Waals surface area contributed by atoms with Crippen molar-refractivity contribution in [2.24, 2.45) is 0 Å². The van der Waals surface area contributed by atoms with Gasteiger partial charge in [-0.1, -0.05) is 72.3 Å². The quantitative estimate of drug-likeness (QED) is 0.296. The second kappa shape index (κ2) is 8.54. The highest BCUT2D eigenvalue weighted by Gasteiger charge is 2.29. The zero-order valence-electron chi connectivity index (χ0n) is 18.7. The van der Waals surface area contributed by atoms with Crippen LogP contribution in [0, 0.1) is 0 Å². The molecular formula is C29H24ClN3O. The standard InChI is InChI=1S/C29H24ClN3O/c30-22-14-16-23(17-15-22)31-28(34)27-26(21-11-5-2-6-12-21)24-13-7-8-18-32-25(19-33(27)29(24)32)20-9-3-1-4-10-20/h1-6,9-12,14-17,19H,7-8,13,18H2,(H,31,34). The summed E-state index contributed by atoms with van der Waals surface area (Å²) in [5.41, 5.74) is 8.14. The highest BCUT2D eigenvalue weighted by molar-refractivity contribution is 6.30. The van der Waals surface area contributed by atoms with Crippen LogP contribution >= 0.6 is 11.6 Å². The Balaban J connectivity index is 1.60. The first-order chi connectivity index (χ1) is 16.7. The maximum atomic E-state index is 13.8. The third-order valence-electron chi connectivity index (χ3n) is 6.58. The summed E-state index contributed by atoms with van der Waals surface area (Å²) in [6.45, 7) is 0.935. The number of halogens is 1. The van der Waals surface area contributed by atoms with Gasteiger partial charge in [0.25, 0.3) is 5.91 Å². The van der Waals surface area contributed by atoms with E-state index in [0.717, 1.165) is 59.5 Å². The third kappa shape index (κ3) is 3.51. The molecule has 0 bridgehead atoms. The maximum absolute atomic E-state index is 13.8. The van der Waals surface area contributed by atoms with Gasteiger partial charge in [-0.3, -0.25) is 9.20 Å². The second-order valence-corrected chi connectivity index (χ2v) is 9.15. The van der Waals surface area contributed by atoms with Crippen molar-refractivity contribution in [2.45, 2.75) is 25.8 Å². The molecule has 2 aromatic heterocycles. The minimum absolute atomic E-state index is 0.125. The fourth-order valence-electron chi connectivity index (χ4n) is 5.09. The fraction of sp³-hybridized carbons (Fsp3) is 0.138. The topological polar surface area (TPSA) is 38.4 Å². The summed E-state index contributed by atoms with van der Waals surface area (Å²) in [7, 11) is 0. The fourth-order valence-corrected chi connectivity index (χ4v) is 5.21. The Bertz CT molecular complexity index is 1480. The van der Waals surface area contributed by atoms with Gasteiger partial charge < -0.3 is 9.88 Å². The summed E-state index contributed by atoms with van der Waals surface area (Å²) in [5, 5.41) is 3.74. The molecule has 5 heteroatoms. The molecule has 0 saturated carbocycles. The molecule has 168 valence electrons. The van der Waals surface area contributed by atoms with Gasteiger partial charge in [-0.25, -0.2) is 0 Å². The average molecular weight is 466 g/mol. The molecule has 0 fully saturated rings. The molecule has 0 atom stereocenters. The Labute approximate surface area is 203 Å². The van der Waals surface area contributed by atoms with E-state index < -0.39 is 0 Å². The van der Waals surface area contributed by atoms with E-state index in [1.807, 2.05) is 36.4 Å². The van der Waals surface area contributed by atoms with Crippen molar-refractivity contribution in [3.63, 3.8) is 0 Å². The van der Waals surface area contributed by atoms with Crippen LogP contribution in [0.4, 0.5) is 5.69 Å². The molecular weight excluding hydrogens is 442 g/mol.